The SMILES string of the molecule is CC1C(BC2CC3(Cl)CC(C2C)C3(C)C)CC2CC1C2(C)C. The highest BCUT2D eigenvalue weighted by Crippen LogP contribution is 2.71. The summed E-state index contributed by atoms with van der Waals surface area (Å²) < 4.78 is 0. The van der Waals surface area contributed by atoms with E-state index in [1.807, 2.05) is 0 Å². The Morgan fingerprint density at radius 1 is 0.864 bits per heavy atom. The summed E-state index contributed by atoms with van der Waals surface area (Å²) in [4.78, 5) is 0.120. The van der Waals surface area contributed by atoms with E-state index >= 15 is 0 Å². The monoisotopic (exact) mass is 320 g/mol. The minimum absolute atomic E-state index is 0.120. The molecule has 4 bridgehead atoms. The topological polar surface area (TPSA) is 0 Å². The summed E-state index contributed by atoms with van der Waals surface area (Å²) in [5.41, 5.74) is 0.999. The van der Waals surface area contributed by atoms with Crippen molar-refractivity contribution < 1.29 is 0 Å². The van der Waals surface area contributed by atoms with Crippen LogP contribution in [0.4, 0.5) is 0 Å². The molecular formula is C20H34BCl. The van der Waals surface area contributed by atoms with Gasteiger partial charge in [-0.25, -0.2) is 0 Å². The summed E-state index contributed by atoms with van der Waals surface area (Å²) in [6.07, 6.45) is 5.57. The van der Waals surface area contributed by atoms with Gasteiger partial charge in [0, 0.05) is 4.87 Å². The molecule has 0 nitrogen and oxygen atoms in total. The first kappa shape index (κ1) is 15.9. The van der Waals surface area contributed by atoms with Crippen LogP contribution < -0.4 is 0 Å². The van der Waals surface area contributed by atoms with E-state index in [9.17, 15) is 0 Å². The van der Waals surface area contributed by atoms with E-state index < -0.39 is 0 Å². The van der Waals surface area contributed by atoms with Crippen molar-refractivity contribution in [3.8, 4) is 0 Å². The van der Waals surface area contributed by atoms with Crippen LogP contribution in [0.15, 0.2) is 0 Å². The first-order valence-electron chi connectivity index (χ1n) is 9.77. The molecule has 0 saturated heterocycles. The predicted octanol–water partition coefficient (Wildman–Crippen LogP) is 5.77. The Bertz CT molecular complexity index is 484. The Labute approximate surface area is 143 Å². The second kappa shape index (κ2) is 4.50. The van der Waals surface area contributed by atoms with E-state index in [-0.39, 0.29) is 4.87 Å². The normalized spacial score (nSPS) is 57.5. The van der Waals surface area contributed by atoms with E-state index in [1.54, 1.807) is 0 Å². The van der Waals surface area contributed by atoms with Crippen LogP contribution >= 0.6 is 11.6 Å². The van der Waals surface area contributed by atoms with Crippen LogP contribution in [0.5, 0.6) is 0 Å². The van der Waals surface area contributed by atoms with Crippen molar-refractivity contribution >= 4 is 18.9 Å². The maximum absolute atomic E-state index is 7.03. The molecule has 0 aromatic heterocycles. The third kappa shape index (κ3) is 1.79. The van der Waals surface area contributed by atoms with Crippen molar-refractivity contribution in [3.05, 3.63) is 0 Å². The molecule has 0 heterocycles. The fraction of sp³-hybridized carbons (Fsp3) is 1.00. The van der Waals surface area contributed by atoms with Crippen molar-refractivity contribution in [2.75, 3.05) is 0 Å². The number of hydrogen-bond acceptors (Lipinski definition) is 0. The van der Waals surface area contributed by atoms with Crippen LogP contribution in [0.3, 0.4) is 0 Å². The van der Waals surface area contributed by atoms with Gasteiger partial charge in [0.2, 0.25) is 0 Å². The molecule has 22 heavy (non-hydrogen) atoms. The van der Waals surface area contributed by atoms with Crippen molar-refractivity contribution in [1.29, 1.82) is 0 Å². The van der Waals surface area contributed by atoms with Gasteiger partial charge in [-0.3, -0.25) is 0 Å². The zero-order valence-electron chi connectivity index (χ0n) is 15.5. The Balaban J connectivity index is 1.45. The van der Waals surface area contributed by atoms with Crippen molar-refractivity contribution in [2.24, 2.45) is 40.4 Å². The molecule has 0 spiro atoms. The van der Waals surface area contributed by atoms with Crippen LogP contribution in [0, 0.1) is 40.4 Å². The van der Waals surface area contributed by atoms with E-state index in [1.165, 1.54) is 33.0 Å². The van der Waals surface area contributed by atoms with Gasteiger partial charge in [-0.05, 0) is 59.7 Å². The fourth-order valence-corrected chi connectivity index (χ4v) is 7.95. The Kier molecular flexibility index (Phi) is 3.24. The minimum Gasteiger partial charge on any atom is -0.119 e. The third-order valence-electron chi connectivity index (χ3n) is 9.71. The molecule has 0 radical (unpaired) electrons. The molecule has 2 heteroatoms. The van der Waals surface area contributed by atoms with E-state index in [0.29, 0.717) is 10.8 Å². The van der Waals surface area contributed by atoms with Gasteiger partial charge in [0.1, 0.15) is 7.28 Å². The van der Waals surface area contributed by atoms with Gasteiger partial charge in [-0.15, -0.1) is 11.6 Å². The van der Waals surface area contributed by atoms with Gasteiger partial charge in [-0.1, -0.05) is 59.6 Å². The van der Waals surface area contributed by atoms with Gasteiger partial charge in [0.15, 0.2) is 0 Å². The molecule has 6 rings (SSSR count). The molecule has 6 aliphatic rings. The van der Waals surface area contributed by atoms with Crippen molar-refractivity contribution in [3.63, 3.8) is 0 Å². The van der Waals surface area contributed by atoms with Gasteiger partial charge in [-0.2, -0.15) is 0 Å². The molecule has 124 valence electrons. The van der Waals surface area contributed by atoms with E-state index in [2.05, 4.69) is 41.5 Å². The van der Waals surface area contributed by atoms with E-state index in [0.717, 1.165) is 41.2 Å². The lowest BCUT2D eigenvalue weighted by Gasteiger charge is -2.68. The number of halogens is 1. The van der Waals surface area contributed by atoms with Gasteiger partial charge in [0.25, 0.3) is 0 Å². The summed E-state index contributed by atoms with van der Waals surface area (Å²) in [7, 11) is 1.46. The highest BCUT2D eigenvalue weighted by Gasteiger charge is 2.66. The summed E-state index contributed by atoms with van der Waals surface area (Å²) >= 11 is 7.03. The van der Waals surface area contributed by atoms with Gasteiger partial charge in [0.05, 0.1) is 0 Å². The quantitative estimate of drug-likeness (QED) is 0.448. The van der Waals surface area contributed by atoms with Crippen LogP contribution in [0.1, 0.15) is 67.2 Å². The van der Waals surface area contributed by atoms with Crippen molar-refractivity contribution in [1.82, 2.24) is 0 Å². The zero-order valence-corrected chi connectivity index (χ0v) is 16.2. The largest absolute Gasteiger partial charge is 0.128 e. The number of alkyl halides is 1. The Morgan fingerprint density at radius 3 is 2.05 bits per heavy atom. The number of hydrogen-bond donors (Lipinski definition) is 0. The molecule has 6 fully saturated rings. The van der Waals surface area contributed by atoms with Gasteiger partial charge >= 0.3 is 0 Å². The molecular weight excluding hydrogens is 286 g/mol. The fourth-order valence-electron chi connectivity index (χ4n) is 7.44. The lowest BCUT2D eigenvalue weighted by atomic mass is 9.30. The summed E-state index contributed by atoms with van der Waals surface area (Å²) in [5, 5.41) is 0. The summed E-state index contributed by atoms with van der Waals surface area (Å²) in [6, 6.07) is 0. The first-order valence-corrected chi connectivity index (χ1v) is 10.1. The standard InChI is InChI=1S/C20H34BCl/c1-11-14-7-13(18(14,3)4)8-16(11)21-17-10-20(22)9-15(12(17)2)19(20,5)6/h11-17,21H,7-10H2,1-6H3. The van der Waals surface area contributed by atoms with Crippen LogP contribution in [-0.4, -0.2) is 12.2 Å². The number of fused-ring (bicyclic) bond motifs is 4. The maximum atomic E-state index is 7.03. The maximum Gasteiger partial charge on any atom is 0.128 e. The van der Waals surface area contributed by atoms with Crippen LogP contribution in [0.2, 0.25) is 11.6 Å². The van der Waals surface area contributed by atoms with Crippen LogP contribution in [0.25, 0.3) is 0 Å². The third-order valence-corrected chi connectivity index (χ3v) is 10.5. The van der Waals surface area contributed by atoms with Crippen LogP contribution in [-0.2, 0) is 0 Å². The molecule has 0 aromatic rings. The average Bonchev–Trinajstić information content (AvgIpc) is 2.43. The van der Waals surface area contributed by atoms with Crippen molar-refractivity contribution in [2.45, 2.75) is 83.7 Å². The molecule has 6 aliphatic carbocycles. The second-order valence-corrected chi connectivity index (χ2v) is 11.5. The molecule has 8 atom stereocenters. The molecule has 0 amide bonds. The molecule has 0 aromatic carbocycles. The molecule has 6 saturated carbocycles. The highest BCUT2D eigenvalue weighted by molar-refractivity contribution is 6.40. The predicted molar refractivity (Wildman–Crippen MR) is 98.1 cm³/mol. The molecule has 0 N–H and O–H groups in total. The summed E-state index contributed by atoms with van der Waals surface area (Å²) in [5.74, 6) is 6.55. The first-order chi connectivity index (χ1) is 10.1. The lowest BCUT2D eigenvalue weighted by molar-refractivity contribution is -0.101. The van der Waals surface area contributed by atoms with E-state index in [4.69, 9.17) is 11.6 Å². The lowest BCUT2D eigenvalue weighted by Crippen LogP contribution is -2.64. The number of rotatable bonds is 2. The van der Waals surface area contributed by atoms with Gasteiger partial charge < -0.3 is 0 Å². The average molecular weight is 321 g/mol. The summed E-state index contributed by atoms with van der Waals surface area (Å²) in [6.45, 7) is 15.0. The minimum atomic E-state index is 0.120. The second-order valence-electron chi connectivity index (χ2n) is 10.8. The molecule has 0 aliphatic heterocycles. The Hall–Kier alpha value is 0.355. The highest BCUT2D eigenvalue weighted by atomic mass is 35.5. The zero-order chi connectivity index (χ0) is 16.1. The molecule has 8 unspecified atom stereocenters. The Morgan fingerprint density at radius 2 is 1.50 bits per heavy atom. The smallest absolute Gasteiger partial charge is 0.119 e.